The van der Waals surface area contributed by atoms with E-state index in [2.05, 4.69) is 16.2 Å². The van der Waals surface area contributed by atoms with Gasteiger partial charge in [0, 0.05) is 6.07 Å². The van der Waals surface area contributed by atoms with Crippen LogP contribution in [0.4, 0.5) is 21.9 Å². The lowest BCUT2D eigenvalue weighted by Gasteiger charge is -2.58. The van der Waals surface area contributed by atoms with Crippen LogP contribution in [-0.2, 0) is 0 Å². The lowest BCUT2D eigenvalue weighted by Crippen LogP contribution is -2.67. The molecule has 0 aliphatic heterocycles. The second-order valence-corrected chi connectivity index (χ2v) is 8.13. The summed E-state index contributed by atoms with van der Waals surface area (Å²) in [5.74, 6) is 1.27. The molecule has 0 aromatic heterocycles. The van der Waals surface area contributed by atoms with E-state index in [0.29, 0.717) is 24.7 Å². The normalized spacial score (nSPS) is 32.6. The van der Waals surface area contributed by atoms with Crippen molar-refractivity contribution in [2.24, 2.45) is 17.8 Å². The molecule has 4 aliphatic carbocycles. The van der Waals surface area contributed by atoms with Crippen molar-refractivity contribution in [3.05, 3.63) is 38.4 Å². The molecular formula is C17H21N5O6. The molecule has 150 valence electrons. The number of rotatable bonds is 5. The maximum Gasteiger partial charge on any atom is 0.333 e. The summed E-state index contributed by atoms with van der Waals surface area (Å²) in [6.45, 7) is 0. The number of carbonyl (C=O) groups is 1. The molecule has 4 saturated carbocycles. The number of urea groups is 1. The molecule has 4 N–H and O–H groups in total. The van der Waals surface area contributed by atoms with Crippen molar-refractivity contribution in [3.8, 4) is 0 Å². The standard InChI is InChI=1S/C17H21N5O6/c23-16(18-15-11-4-9-3-10(5-11)8-17(15,24)7-9)20-19-13-2-1-12(21(25)26)6-14(13)22(27)28/h1-2,6,9-11,15,19,24H,3-5,7-8H2,(H2,18,20,23). The van der Waals surface area contributed by atoms with Crippen LogP contribution in [0.3, 0.4) is 0 Å². The predicted octanol–water partition coefficient (Wildman–Crippen LogP) is 2.07. The average Bonchev–Trinajstić information content (AvgIpc) is 2.61. The highest BCUT2D eigenvalue weighted by molar-refractivity contribution is 5.77. The number of nitrogens with zero attached hydrogens (tertiary/aromatic N) is 2. The second kappa shape index (κ2) is 6.59. The van der Waals surface area contributed by atoms with Crippen molar-refractivity contribution >= 4 is 23.1 Å². The molecular weight excluding hydrogens is 370 g/mol. The lowest BCUT2D eigenvalue weighted by molar-refractivity contribution is -0.393. The molecule has 0 radical (unpaired) electrons. The van der Waals surface area contributed by atoms with Crippen molar-refractivity contribution in [1.29, 1.82) is 0 Å². The Morgan fingerprint density at radius 3 is 2.36 bits per heavy atom. The Bertz CT molecular complexity index is 831. The van der Waals surface area contributed by atoms with E-state index in [0.717, 1.165) is 37.5 Å². The first-order valence-corrected chi connectivity index (χ1v) is 9.23. The molecule has 28 heavy (non-hydrogen) atoms. The fraction of sp³-hybridized carbons (Fsp3) is 0.588. The summed E-state index contributed by atoms with van der Waals surface area (Å²) in [4.78, 5) is 32.8. The Morgan fingerprint density at radius 1 is 1.11 bits per heavy atom. The van der Waals surface area contributed by atoms with E-state index in [4.69, 9.17) is 0 Å². The summed E-state index contributed by atoms with van der Waals surface area (Å²) in [5.41, 5.74) is 2.86. The van der Waals surface area contributed by atoms with Gasteiger partial charge in [-0.15, -0.1) is 0 Å². The number of hydrogen-bond donors (Lipinski definition) is 4. The molecule has 0 heterocycles. The van der Waals surface area contributed by atoms with E-state index in [1.54, 1.807) is 0 Å². The van der Waals surface area contributed by atoms with Gasteiger partial charge in [0.1, 0.15) is 5.69 Å². The van der Waals surface area contributed by atoms with E-state index in [1.165, 1.54) is 0 Å². The van der Waals surface area contributed by atoms with E-state index in [-0.39, 0.29) is 17.6 Å². The highest BCUT2D eigenvalue weighted by Crippen LogP contribution is 2.55. The molecule has 3 atom stereocenters. The smallest absolute Gasteiger partial charge is 0.333 e. The molecule has 3 unspecified atom stereocenters. The predicted molar refractivity (Wildman–Crippen MR) is 97.3 cm³/mol. The molecule has 0 saturated heterocycles. The van der Waals surface area contributed by atoms with Crippen LogP contribution < -0.4 is 16.2 Å². The molecule has 4 aliphatic rings. The molecule has 4 bridgehead atoms. The van der Waals surface area contributed by atoms with Crippen LogP contribution in [-0.4, -0.2) is 32.6 Å². The summed E-state index contributed by atoms with van der Waals surface area (Å²) < 4.78 is 0. The Hall–Kier alpha value is -2.95. The third kappa shape index (κ3) is 3.21. The Labute approximate surface area is 159 Å². The van der Waals surface area contributed by atoms with Gasteiger partial charge in [-0.3, -0.25) is 31.1 Å². The van der Waals surface area contributed by atoms with Gasteiger partial charge in [-0.05, 0) is 55.9 Å². The average molecular weight is 391 g/mol. The van der Waals surface area contributed by atoms with Crippen LogP contribution in [0.15, 0.2) is 18.2 Å². The number of carbonyl (C=O) groups excluding carboxylic acids is 1. The van der Waals surface area contributed by atoms with E-state index >= 15 is 0 Å². The van der Waals surface area contributed by atoms with Crippen LogP contribution in [0, 0.1) is 38.0 Å². The Morgan fingerprint density at radius 2 is 1.79 bits per heavy atom. The first-order valence-electron chi connectivity index (χ1n) is 9.23. The Balaban J connectivity index is 1.41. The molecule has 4 fully saturated rings. The van der Waals surface area contributed by atoms with Crippen molar-refractivity contribution < 1.29 is 19.7 Å². The summed E-state index contributed by atoms with van der Waals surface area (Å²) in [6, 6.07) is 2.12. The van der Waals surface area contributed by atoms with Crippen molar-refractivity contribution in [2.45, 2.75) is 43.7 Å². The second-order valence-electron chi connectivity index (χ2n) is 8.13. The number of aliphatic hydroxyl groups is 1. The van der Waals surface area contributed by atoms with Gasteiger partial charge >= 0.3 is 11.7 Å². The molecule has 2 amide bonds. The molecule has 1 aromatic carbocycles. The van der Waals surface area contributed by atoms with Gasteiger partial charge in [-0.1, -0.05) is 0 Å². The minimum atomic E-state index is -0.897. The maximum atomic E-state index is 12.3. The van der Waals surface area contributed by atoms with Crippen LogP contribution in [0.5, 0.6) is 0 Å². The maximum absolute atomic E-state index is 12.3. The van der Waals surface area contributed by atoms with Gasteiger partial charge in [-0.25, -0.2) is 4.79 Å². The lowest BCUT2D eigenvalue weighted by atomic mass is 9.52. The number of amides is 2. The van der Waals surface area contributed by atoms with Crippen molar-refractivity contribution in [1.82, 2.24) is 10.7 Å². The third-order valence-corrected chi connectivity index (χ3v) is 6.26. The number of nitro benzene ring substituents is 2. The number of non-ortho nitro benzene ring substituents is 1. The van der Waals surface area contributed by atoms with E-state index < -0.39 is 32.9 Å². The summed E-state index contributed by atoms with van der Waals surface area (Å²) in [5, 5.41) is 35.7. The topological polar surface area (TPSA) is 160 Å². The SMILES string of the molecule is O=C(NNc1ccc([N+](=O)[O-])cc1[N+](=O)[O-])NC1C2CC3CC(C2)CC1(O)C3. The monoisotopic (exact) mass is 391 g/mol. The summed E-state index contributed by atoms with van der Waals surface area (Å²) in [7, 11) is 0. The molecule has 0 spiro atoms. The number of benzene rings is 1. The molecule has 5 rings (SSSR count). The fourth-order valence-corrected chi connectivity index (χ4v) is 5.44. The number of nitro groups is 2. The van der Waals surface area contributed by atoms with Crippen LogP contribution in [0.1, 0.15) is 32.1 Å². The highest BCUT2D eigenvalue weighted by atomic mass is 16.6. The fourth-order valence-electron chi connectivity index (χ4n) is 5.44. The van der Waals surface area contributed by atoms with Crippen LogP contribution >= 0.6 is 0 Å². The van der Waals surface area contributed by atoms with Gasteiger partial charge in [-0.2, -0.15) is 0 Å². The minimum Gasteiger partial charge on any atom is -0.388 e. The number of anilines is 1. The molecule has 11 heteroatoms. The quantitative estimate of drug-likeness (QED) is 0.441. The van der Waals surface area contributed by atoms with Gasteiger partial charge in [0.25, 0.3) is 5.69 Å². The number of hydrazine groups is 1. The molecule has 11 nitrogen and oxygen atoms in total. The first-order chi connectivity index (χ1) is 13.2. The zero-order valence-corrected chi connectivity index (χ0v) is 15.0. The van der Waals surface area contributed by atoms with Gasteiger partial charge in [0.2, 0.25) is 0 Å². The number of hydrogen-bond acceptors (Lipinski definition) is 7. The van der Waals surface area contributed by atoms with Gasteiger partial charge in [0.15, 0.2) is 0 Å². The first kappa shape index (κ1) is 18.4. The highest BCUT2D eigenvalue weighted by Gasteiger charge is 2.56. The summed E-state index contributed by atoms with van der Waals surface area (Å²) >= 11 is 0. The van der Waals surface area contributed by atoms with Crippen molar-refractivity contribution in [2.75, 3.05) is 5.43 Å². The van der Waals surface area contributed by atoms with Gasteiger partial charge in [0.05, 0.1) is 27.6 Å². The minimum absolute atomic E-state index is 0.0745. The van der Waals surface area contributed by atoms with E-state index in [1.807, 2.05) is 0 Å². The summed E-state index contributed by atoms with van der Waals surface area (Å²) in [6.07, 6.45) is 4.51. The van der Waals surface area contributed by atoms with E-state index in [9.17, 15) is 30.1 Å². The Kier molecular flexibility index (Phi) is 4.33. The zero-order chi connectivity index (χ0) is 20.1. The zero-order valence-electron chi connectivity index (χ0n) is 15.0. The van der Waals surface area contributed by atoms with Crippen LogP contribution in [0.2, 0.25) is 0 Å². The number of nitrogens with one attached hydrogen (secondary N) is 3. The third-order valence-electron chi connectivity index (χ3n) is 6.26. The van der Waals surface area contributed by atoms with Gasteiger partial charge < -0.3 is 10.4 Å². The van der Waals surface area contributed by atoms with Crippen molar-refractivity contribution in [3.63, 3.8) is 0 Å². The van der Waals surface area contributed by atoms with Crippen LogP contribution in [0.25, 0.3) is 0 Å². The molecule has 1 aromatic rings. The largest absolute Gasteiger partial charge is 0.388 e.